The van der Waals surface area contributed by atoms with Crippen LogP contribution in [0.3, 0.4) is 0 Å². The maximum Gasteiger partial charge on any atom is 0.300 e. The van der Waals surface area contributed by atoms with Crippen molar-refractivity contribution in [2.75, 3.05) is 32.3 Å². The number of nitrogens with zero attached hydrogens (tertiary/aromatic N) is 1. The quantitative estimate of drug-likeness (QED) is 0.273. The number of rotatable bonds is 6. The zero-order valence-electron chi connectivity index (χ0n) is 21.7. The smallest absolute Gasteiger partial charge is 0.300 e. The Morgan fingerprint density at radius 3 is 2.24 bits per heavy atom. The molecular weight excluding hydrogens is 486 g/mol. The number of aliphatic hydroxyl groups excluding tert-OH is 1. The molecule has 38 heavy (non-hydrogen) atoms. The Balaban J connectivity index is 1.69. The summed E-state index contributed by atoms with van der Waals surface area (Å²) in [5, 5.41) is 11.5. The maximum atomic E-state index is 13.5. The first-order chi connectivity index (χ1) is 18.3. The largest absolute Gasteiger partial charge is 0.507 e. The zero-order chi connectivity index (χ0) is 27.0. The molecule has 1 amide bonds. The molecule has 196 valence electrons. The number of carbonyl (C=O) groups excluding carboxylic acids is 2. The van der Waals surface area contributed by atoms with Crippen LogP contribution in [0, 0.1) is 0 Å². The van der Waals surface area contributed by atoms with E-state index < -0.39 is 17.7 Å². The molecule has 5 rings (SSSR count). The van der Waals surface area contributed by atoms with Gasteiger partial charge in [0.1, 0.15) is 19.0 Å². The first-order valence-corrected chi connectivity index (χ1v) is 12.4. The van der Waals surface area contributed by atoms with Gasteiger partial charge in [-0.1, -0.05) is 32.0 Å². The molecule has 0 aromatic heterocycles. The zero-order valence-corrected chi connectivity index (χ0v) is 21.7. The van der Waals surface area contributed by atoms with Crippen LogP contribution in [0.25, 0.3) is 5.76 Å². The topological polar surface area (TPSA) is 94.5 Å². The lowest BCUT2D eigenvalue weighted by molar-refractivity contribution is -0.132. The first kappa shape index (κ1) is 25.2. The molecule has 0 radical (unpaired) electrons. The van der Waals surface area contributed by atoms with Gasteiger partial charge >= 0.3 is 0 Å². The van der Waals surface area contributed by atoms with E-state index in [9.17, 15) is 14.7 Å². The number of methoxy groups -OCH3 is 2. The van der Waals surface area contributed by atoms with Gasteiger partial charge in [-0.25, -0.2) is 0 Å². The highest BCUT2D eigenvalue weighted by atomic mass is 16.6. The molecule has 8 nitrogen and oxygen atoms in total. The van der Waals surface area contributed by atoms with Crippen molar-refractivity contribution in [1.82, 2.24) is 0 Å². The van der Waals surface area contributed by atoms with Crippen LogP contribution in [0.2, 0.25) is 0 Å². The highest BCUT2D eigenvalue weighted by Crippen LogP contribution is 2.45. The molecule has 1 saturated heterocycles. The molecule has 0 saturated carbocycles. The van der Waals surface area contributed by atoms with Crippen LogP contribution >= 0.6 is 0 Å². The highest BCUT2D eigenvalue weighted by molar-refractivity contribution is 6.51. The summed E-state index contributed by atoms with van der Waals surface area (Å²) in [6.07, 6.45) is 0. The number of hydrogen-bond acceptors (Lipinski definition) is 7. The lowest BCUT2D eigenvalue weighted by atomic mass is 9.94. The van der Waals surface area contributed by atoms with Gasteiger partial charge in [-0.05, 0) is 59.5 Å². The van der Waals surface area contributed by atoms with Crippen LogP contribution < -0.4 is 23.8 Å². The second-order valence-corrected chi connectivity index (χ2v) is 9.39. The van der Waals surface area contributed by atoms with Crippen molar-refractivity contribution >= 4 is 23.1 Å². The summed E-state index contributed by atoms with van der Waals surface area (Å²) in [4.78, 5) is 28.4. The average molecular weight is 516 g/mol. The number of benzene rings is 3. The van der Waals surface area contributed by atoms with Crippen molar-refractivity contribution in [3.63, 3.8) is 0 Å². The van der Waals surface area contributed by atoms with Gasteiger partial charge in [0.15, 0.2) is 23.0 Å². The summed E-state index contributed by atoms with van der Waals surface area (Å²) in [6, 6.07) is 16.7. The maximum absolute atomic E-state index is 13.5. The van der Waals surface area contributed by atoms with E-state index in [4.69, 9.17) is 18.9 Å². The van der Waals surface area contributed by atoms with Crippen molar-refractivity contribution in [2.24, 2.45) is 0 Å². The summed E-state index contributed by atoms with van der Waals surface area (Å²) < 4.78 is 22.1. The molecule has 2 aliphatic rings. The van der Waals surface area contributed by atoms with E-state index in [2.05, 4.69) is 13.8 Å². The van der Waals surface area contributed by atoms with Crippen molar-refractivity contribution < 1.29 is 33.6 Å². The minimum absolute atomic E-state index is 0.0353. The SMILES string of the molecule is COc1ccc(C2/C(=C(\O)c3ccc4c(c3)OCCO4)C(=O)C(=O)N2c2ccc(C(C)C)cc2)cc1OC. The molecule has 1 unspecified atom stereocenters. The monoisotopic (exact) mass is 515 g/mol. The third-order valence-corrected chi connectivity index (χ3v) is 6.82. The second-order valence-electron chi connectivity index (χ2n) is 9.39. The van der Waals surface area contributed by atoms with Crippen LogP contribution in [0.1, 0.15) is 42.5 Å². The lowest BCUT2D eigenvalue weighted by Crippen LogP contribution is -2.29. The number of fused-ring (bicyclic) bond motifs is 1. The fourth-order valence-electron chi connectivity index (χ4n) is 4.80. The molecule has 0 bridgehead atoms. The Kier molecular flexibility index (Phi) is 6.72. The van der Waals surface area contributed by atoms with Gasteiger partial charge < -0.3 is 24.1 Å². The van der Waals surface area contributed by atoms with Crippen molar-refractivity contribution in [3.05, 3.63) is 82.9 Å². The minimum Gasteiger partial charge on any atom is -0.507 e. The van der Waals surface area contributed by atoms with E-state index in [0.717, 1.165) is 5.56 Å². The van der Waals surface area contributed by atoms with Crippen LogP contribution in [-0.4, -0.2) is 44.2 Å². The van der Waals surface area contributed by atoms with Crippen molar-refractivity contribution in [1.29, 1.82) is 0 Å². The molecule has 1 N–H and O–H groups in total. The Morgan fingerprint density at radius 1 is 0.895 bits per heavy atom. The van der Waals surface area contributed by atoms with Gasteiger partial charge in [0.2, 0.25) is 0 Å². The Bertz CT molecular complexity index is 1430. The highest BCUT2D eigenvalue weighted by Gasteiger charge is 2.47. The Labute approximate surface area is 221 Å². The molecule has 3 aromatic rings. The number of amides is 1. The van der Waals surface area contributed by atoms with Crippen molar-refractivity contribution in [3.8, 4) is 23.0 Å². The second kappa shape index (κ2) is 10.1. The number of ether oxygens (including phenoxy) is 4. The number of ketones is 1. The van der Waals surface area contributed by atoms with Gasteiger partial charge in [0, 0.05) is 11.3 Å². The fourth-order valence-corrected chi connectivity index (χ4v) is 4.80. The fraction of sp³-hybridized carbons (Fsp3) is 0.267. The predicted octanol–water partition coefficient (Wildman–Crippen LogP) is 5.22. The standard InChI is InChI=1S/C30H29NO7/c1-17(2)18-5-9-21(10-6-18)31-27(19-7-11-22(35-3)24(15-19)36-4)26(29(33)30(31)34)28(32)20-8-12-23-25(16-20)38-14-13-37-23/h5-12,15-17,27,32H,13-14H2,1-4H3/b28-26+. The van der Waals surface area contributed by atoms with Gasteiger partial charge in [0.05, 0.1) is 25.8 Å². The Hall–Kier alpha value is -4.46. The van der Waals surface area contributed by atoms with Gasteiger partial charge in [-0.3, -0.25) is 14.5 Å². The number of hydrogen-bond donors (Lipinski definition) is 1. The predicted molar refractivity (Wildman–Crippen MR) is 142 cm³/mol. The summed E-state index contributed by atoms with van der Waals surface area (Å²) in [7, 11) is 3.04. The van der Waals surface area contributed by atoms with Crippen LogP contribution in [-0.2, 0) is 9.59 Å². The molecule has 0 aliphatic carbocycles. The molecule has 1 atom stereocenters. The third kappa shape index (κ3) is 4.32. The number of carbonyl (C=O) groups is 2. The molecule has 2 aliphatic heterocycles. The van der Waals surface area contributed by atoms with E-state index in [1.165, 1.54) is 19.1 Å². The molecule has 0 spiro atoms. The lowest BCUT2D eigenvalue weighted by Gasteiger charge is -2.26. The molecule has 8 heteroatoms. The molecule has 3 aromatic carbocycles. The molecular formula is C30H29NO7. The summed E-state index contributed by atoms with van der Waals surface area (Å²) in [6.45, 7) is 4.97. The van der Waals surface area contributed by atoms with Crippen LogP contribution in [0.15, 0.2) is 66.2 Å². The number of Topliss-reactive ketones (excluding diaryl/α,β-unsaturated/α-hetero) is 1. The van der Waals surface area contributed by atoms with E-state index in [0.29, 0.717) is 58.9 Å². The van der Waals surface area contributed by atoms with Crippen LogP contribution in [0.5, 0.6) is 23.0 Å². The Morgan fingerprint density at radius 2 is 1.58 bits per heavy atom. The van der Waals surface area contributed by atoms with Gasteiger partial charge in [-0.2, -0.15) is 0 Å². The van der Waals surface area contributed by atoms with Gasteiger partial charge in [0.25, 0.3) is 11.7 Å². The van der Waals surface area contributed by atoms with E-state index in [-0.39, 0.29) is 11.3 Å². The summed E-state index contributed by atoms with van der Waals surface area (Å²) >= 11 is 0. The summed E-state index contributed by atoms with van der Waals surface area (Å²) in [5.74, 6) is 0.423. The first-order valence-electron chi connectivity index (χ1n) is 12.4. The third-order valence-electron chi connectivity index (χ3n) is 6.82. The average Bonchev–Trinajstić information content (AvgIpc) is 3.21. The normalized spacial score (nSPS) is 18.1. The summed E-state index contributed by atoms with van der Waals surface area (Å²) in [5.41, 5.74) is 2.52. The number of aliphatic hydroxyl groups is 1. The van der Waals surface area contributed by atoms with Crippen LogP contribution in [0.4, 0.5) is 5.69 Å². The van der Waals surface area contributed by atoms with Gasteiger partial charge in [-0.15, -0.1) is 0 Å². The number of anilines is 1. The van der Waals surface area contributed by atoms with Crippen molar-refractivity contribution in [2.45, 2.75) is 25.8 Å². The molecule has 2 heterocycles. The van der Waals surface area contributed by atoms with E-state index in [1.807, 2.05) is 24.3 Å². The van der Waals surface area contributed by atoms with E-state index >= 15 is 0 Å². The molecule has 1 fully saturated rings. The minimum atomic E-state index is -0.909. The van der Waals surface area contributed by atoms with E-state index in [1.54, 1.807) is 36.4 Å².